The number of phenolic OH excluding ortho intramolecular Hbond substituents is 1. The van der Waals surface area contributed by atoms with Crippen molar-refractivity contribution in [3.8, 4) is 5.75 Å². The first-order valence-electron chi connectivity index (χ1n) is 11.7. The normalized spacial score (nSPS) is 17.9. The van der Waals surface area contributed by atoms with Crippen LogP contribution in [0.4, 0.5) is 4.79 Å². The molecule has 8 nitrogen and oxygen atoms in total. The molecule has 3 atom stereocenters. The highest BCUT2D eigenvalue weighted by atomic mass is 32.2. The number of aliphatic hydroxyl groups excluding tert-OH is 1. The summed E-state index contributed by atoms with van der Waals surface area (Å²) in [4.78, 5) is 12.6. The maximum Gasteiger partial charge on any atom is 0.407 e. The third kappa shape index (κ3) is 8.13. The monoisotopic (exact) mass is 522 g/mol. The Labute approximate surface area is 211 Å². The lowest BCUT2D eigenvalue weighted by Crippen LogP contribution is -2.51. The molecule has 3 rings (SSSR count). The van der Waals surface area contributed by atoms with E-state index < -0.39 is 28.3 Å². The van der Waals surface area contributed by atoms with Crippen molar-refractivity contribution in [1.82, 2.24) is 9.62 Å². The number of carbonyl (C=O) groups excluding carboxylic acids is 1. The average Bonchev–Trinajstić information content (AvgIpc) is 3.31. The van der Waals surface area contributed by atoms with Crippen molar-refractivity contribution in [2.45, 2.75) is 49.8 Å². The standard InChI is InChI=1S/C25H34N2O6S2/c1-18(2)15-27(35(31,32)22-10-8-20(28)9-11-22)16-24(29)23(14-19-6-4-3-5-7-19)26-25(30)33-21-12-13-34-17-21/h3-11,18,21,23-24,28-29H,12-17H2,1-2H3,(H,26,30)/t21-,23-,24+/m0/s1. The van der Waals surface area contributed by atoms with Gasteiger partial charge in [0.25, 0.3) is 0 Å². The number of benzene rings is 2. The Morgan fingerprint density at radius 1 is 1.14 bits per heavy atom. The Balaban J connectivity index is 1.80. The molecule has 1 fully saturated rings. The summed E-state index contributed by atoms with van der Waals surface area (Å²) < 4.78 is 33.5. The van der Waals surface area contributed by atoms with E-state index in [0.717, 1.165) is 23.5 Å². The van der Waals surface area contributed by atoms with E-state index in [1.807, 2.05) is 44.2 Å². The molecule has 1 heterocycles. The zero-order valence-electron chi connectivity index (χ0n) is 20.0. The predicted octanol–water partition coefficient (Wildman–Crippen LogP) is 3.24. The molecular formula is C25H34N2O6S2. The van der Waals surface area contributed by atoms with Gasteiger partial charge in [0.2, 0.25) is 10.0 Å². The minimum atomic E-state index is -3.95. The SMILES string of the molecule is CC(C)CN(C[C@@H](O)[C@H](Cc1ccccc1)NC(=O)O[C@H]1CCSC1)S(=O)(=O)c1ccc(O)cc1. The number of thioether (sulfide) groups is 1. The summed E-state index contributed by atoms with van der Waals surface area (Å²) in [7, 11) is -3.95. The molecule has 1 amide bonds. The van der Waals surface area contributed by atoms with Crippen LogP contribution in [0.3, 0.4) is 0 Å². The number of aromatic hydroxyl groups is 1. The lowest BCUT2D eigenvalue weighted by Gasteiger charge is -2.30. The summed E-state index contributed by atoms with van der Waals surface area (Å²) in [5, 5.41) is 23.5. The Bertz CT molecular complexity index is 1040. The van der Waals surface area contributed by atoms with Crippen molar-refractivity contribution in [3.05, 3.63) is 60.2 Å². The van der Waals surface area contributed by atoms with Gasteiger partial charge in [0.15, 0.2) is 0 Å². The van der Waals surface area contributed by atoms with Crippen molar-refractivity contribution < 1.29 is 28.2 Å². The van der Waals surface area contributed by atoms with Crippen LogP contribution in [0.2, 0.25) is 0 Å². The maximum absolute atomic E-state index is 13.4. The number of alkyl carbamates (subject to hydrolysis) is 1. The fourth-order valence-corrected chi connectivity index (χ4v) is 6.59. The molecule has 0 aromatic heterocycles. The van der Waals surface area contributed by atoms with Gasteiger partial charge in [-0.2, -0.15) is 16.1 Å². The number of aliphatic hydroxyl groups is 1. The fourth-order valence-electron chi connectivity index (χ4n) is 3.88. The number of amides is 1. The van der Waals surface area contributed by atoms with Crippen molar-refractivity contribution in [1.29, 1.82) is 0 Å². The van der Waals surface area contributed by atoms with Crippen LogP contribution in [0, 0.1) is 5.92 Å². The third-order valence-corrected chi connectivity index (χ3v) is 8.64. The van der Waals surface area contributed by atoms with Crippen LogP contribution in [0.25, 0.3) is 0 Å². The second-order valence-electron chi connectivity index (χ2n) is 9.11. The Morgan fingerprint density at radius 3 is 2.43 bits per heavy atom. The van der Waals surface area contributed by atoms with Crippen LogP contribution in [0.15, 0.2) is 59.5 Å². The van der Waals surface area contributed by atoms with Gasteiger partial charge in [-0.1, -0.05) is 44.2 Å². The topological polar surface area (TPSA) is 116 Å². The van der Waals surface area contributed by atoms with E-state index in [1.165, 1.54) is 28.6 Å². The molecule has 0 spiro atoms. The summed E-state index contributed by atoms with van der Waals surface area (Å²) in [5.74, 6) is 1.64. The first-order chi connectivity index (χ1) is 16.6. The highest BCUT2D eigenvalue weighted by molar-refractivity contribution is 7.99. The number of rotatable bonds is 11. The number of hydrogen-bond acceptors (Lipinski definition) is 7. The van der Waals surface area contributed by atoms with Crippen molar-refractivity contribution >= 4 is 27.9 Å². The fraction of sp³-hybridized carbons (Fsp3) is 0.480. The maximum atomic E-state index is 13.4. The summed E-state index contributed by atoms with van der Waals surface area (Å²) in [6.45, 7) is 3.76. The predicted molar refractivity (Wildman–Crippen MR) is 137 cm³/mol. The molecule has 0 aliphatic carbocycles. The van der Waals surface area contributed by atoms with Gasteiger partial charge in [0, 0.05) is 18.8 Å². The van der Waals surface area contributed by atoms with E-state index in [1.54, 1.807) is 11.8 Å². The summed E-state index contributed by atoms with van der Waals surface area (Å²) in [6.07, 6.45) is -0.870. The molecule has 2 aromatic carbocycles. The lowest BCUT2D eigenvalue weighted by atomic mass is 10.0. The van der Waals surface area contributed by atoms with Crippen molar-refractivity contribution in [3.63, 3.8) is 0 Å². The number of nitrogens with zero attached hydrogens (tertiary/aromatic N) is 1. The molecule has 10 heteroatoms. The first kappa shape index (κ1) is 27.3. The van der Waals surface area contributed by atoms with Gasteiger partial charge < -0.3 is 20.3 Å². The Morgan fingerprint density at radius 2 is 1.83 bits per heavy atom. The zero-order chi connectivity index (χ0) is 25.4. The van der Waals surface area contributed by atoms with E-state index in [0.29, 0.717) is 6.42 Å². The van der Waals surface area contributed by atoms with Crippen molar-refractivity contribution in [2.75, 3.05) is 24.6 Å². The van der Waals surface area contributed by atoms with Gasteiger partial charge in [-0.05, 0) is 54.3 Å². The van der Waals surface area contributed by atoms with E-state index in [9.17, 15) is 23.4 Å². The van der Waals surface area contributed by atoms with E-state index in [-0.39, 0.29) is 35.8 Å². The minimum Gasteiger partial charge on any atom is -0.508 e. The van der Waals surface area contributed by atoms with Crippen LogP contribution in [0.1, 0.15) is 25.8 Å². The van der Waals surface area contributed by atoms with E-state index in [4.69, 9.17) is 4.74 Å². The molecule has 0 radical (unpaired) electrons. The Kier molecular flexibility index (Phi) is 9.85. The number of hydrogen-bond donors (Lipinski definition) is 3. The number of nitrogens with one attached hydrogen (secondary N) is 1. The van der Waals surface area contributed by atoms with Gasteiger partial charge in [-0.25, -0.2) is 13.2 Å². The molecule has 35 heavy (non-hydrogen) atoms. The molecule has 0 unspecified atom stereocenters. The smallest absolute Gasteiger partial charge is 0.407 e. The number of carbonyl (C=O) groups is 1. The molecule has 0 saturated carbocycles. The third-order valence-electron chi connectivity index (χ3n) is 5.66. The lowest BCUT2D eigenvalue weighted by molar-refractivity contribution is 0.0769. The molecule has 1 aliphatic heterocycles. The quantitative estimate of drug-likeness (QED) is 0.415. The minimum absolute atomic E-state index is 0.000505. The second-order valence-corrected chi connectivity index (χ2v) is 12.2. The van der Waals surface area contributed by atoms with Gasteiger partial charge in [-0.3, -0.25) is 0 Å². The average molecular weight is 523 g/mol. The van der Waals surface area contributed by atoms with Crippen molar-refractivity contribution in [2.24, 2.45) is 5.92 Å². The van der Waals surface area contributed by atoms with Gasteiger partial charge in [0.05, 0.1) is 17.0 Å². The largest absolute Gasteiger partial charge is 0.508 e. The van der Waals surface area contributed by atoms with E-state index in [2.05, 4.69) is 5.32 Å². The number of ether oxygens (including phenoxy) is 1. The summed E-state index contributed by atoms with van der Waals surface area (Å²) >= 11 is 1.72. The Hall–Kier alpha value is -2.27. The van der Waals surface area contributed by atoms with Crippen LogP contribution in [-0.4, -0.2) is 71.9 Å². The highest BCUT2D eigenvalue weighted by Gasteiger charge is 2.32. The van der Waals surface area contributed by atoms with Gasteiger partial charge in [0.1, 0.15) is 11.9 Å². The second kappa shape index (κ2) is 12.6. The molecule has 3 N–H and O–H groups in total. The molecule has 2 aromatic rings. The van der Waals surface area contributed by atoms with Crippen LogP contribution in [0.5, 0.6) is 5.75 Å². The molecular weight excluding hydrogens is 488 g/mol. The summed E-state index contributed by atoms with van der Waals surface area (Å²) in [6, 6.07) is 13.9. The molecule has 1 aliphatic rings. The van der Waals surface area contributed by atoms with Gasteiger partial charge >= 0.3 is 6.09 Å². The molecule has 0 bridgehead atoms. The zero-order valence-corrected chi connectivity index (χ0v) is 21.7. The van der Waals surface area contributed by atoms with Gasteiger partial charge in [-0.15, -0.1) is 0 Å². The first-order valence-corrected chi connectivity index (χ1v) is 14.3. The van der Waals surface area contributed by atoms with Crippen LogP contribution >= 0.6 is 11.8 Å². The van der Waals surface area contributed by atoms with Crippen LogP contribution in [-0.2, 0) is 21.2 Å². The molecule has 192 valence electrons. The van der Waals surface area contributed by atoms with E-state index >= 15 is 0 Å². The summed E-state index contributed by atoms with van der Waals surface area (Å²) in [5.41, 5.74) is 0.894. The highest BCUT2D eigenvalue weighted by Crippen LogP contribution is 2.22. The van der Waals surface area contributed by atoms with Crippen LogP contribution < -0.4 is 5.32 Å². The number of phenols is 1. The number of sulfonamides is 1. The molecule has 1 saturated heterocycles.